The average Bonchev–Trinajstić information content (AvgIpc) is 2.91. The van der Waals surface area contributed by atoms with Crippen molar-refractivity contribution < 1.29 is 33.8 Å². The molecule has 7 atom stereocenters. The van der Waals surface area contributed by atoms with Crippen molar-refractivity contribution >= 4 is 29.3 Å². The molecule has 39 heavy (non-hydrogen) atoms. The Morgan fingerprint density at radius 1 is 1.26 bits per heavy atom. The van der Waals surface area contributed by atoms with E-state index in [1.165, 1.54) is 0 Å². The smallest absolute Gasteiger partial charge is 0.311 e. The van der Waals surface area contributed by atoms with Gasteiger partial charge in [-0.15, -0.1) is 0 Å². The maximum Gasteiger partial charge on any atom is 0.311 e. The minimum absolute atomic E-state index is 0.0364. The van der Waals surface area contributed by atoms with Gasteiger partial charge in [-0.1, -0.05) is 56.6 Å². The summed E-state index contributed by atoms with van der Waals surface area (Å²) in [7, 11) is 0. The Hall–Kier alpha value is -2.68. The number of cyclic esters (lactones) is 1. The second kappa shape index (κ2) is 13.1. The van der Waals surface area contributed by atoms with E-state index in [4.69, 9.17) is 25.9 Å². The normalized spacial score (nSPS) is 29.5. The number of ether oxygens (including phenoxy) is 2. The highest BCUT2D eigenvalue weighted by Crippen LogP contribution is 2.46. The van der Waals surface area contributed by atoms with Gasteiger partial charge in [-0.25, -0.2) is 0 Å². The van der Waals surface area contributed by atoms with Crippen LogP contribution in [0.25, 0.3) is 0 Å². The summed E-state index contributed by atoms with van der Waals surface area (Å²) in [6.07, 6.45) is 4.68. The summed E-state index contributed by atoms with van der Waals surface area (Å²) in [5.74, 6) is -2.41. The highest BCUT2D eigenvalue weighted by molar-refractivity contribution is 6.31. The van der Waals surface area contributed by atoms with Crippen LogP contribution in [0.2, 0.25) is 5.02 Å². The van der Waals surface area contributed by atoms with Crippen molar-refractivity contribution in [3.05, 3.63) is 58.3 Å². The minimum Gasteiger partial charge on any atom is -0.465 e. The summed E-state index contributed by atoms with van der Waals surface area (Å²) in [6.45, 7) is 6.09. The molecule has 212 valence electrons. The van der Waals surface area contributed by atoms with E-state index in [9.17, 15) is 19.5 Å². The van der Waals surface area contributed by atoms with Crippen molar-refractivity contribution in [2.75, 3.05) is 6.61 Å². The zero-order chi connectivity index (χ0) is 28.1. The maximum atomic E-state index is 13.2. The monoisotopic (exact) mass is 559 g/mol. The van der Waals surface area contributed by atoms with Crippen LogP contribution >= 0.6 is 11.6 Å². The van der Waals surface area contributed by atoms with Crippen molar-refractivity contribution in [2.45, 2.75) is 71.7 Å². The summed E-state index contributed by atoms with van der Waals surface area (Å²) in [5, 5.41) is 11.0. The first-order valence-corrected chi connectivity index (χ1v) is 14.2. The van der Waals surface area contributed by atoms with Gasteiger partial charge in [-0.2, -0.15) is 0 Å². The number of rotatable bonds is 10. The van der Waals surface area contributed by atoms with Gasteiger partial charge >= 0.3 is 11.9 Å². The van der Waals surface area contributed by atoms with Crippen LogP contribution in [-0.2, 0) is 35.3 Å². The molecule has 0 saturated carbocycles. The molecule has 2 N–H and O–H groups in total. The minimum atomic E-state index is -0.767. The molecule has 0 bridgehead atoms. The number of esters is 2. The third kappa shape index (κ3) is 6.73. The Labute approximate surface area is 234 Å². The number of benzene rings is 1. The molecule has 4 rings (SSSR count). The van der Waals surface area contributed by atoms with Crippen LogP contribution in [0.5, 0.6) is 0 Å². The molecule has 1 saturated heterocycles. The molecule has 2 aliphatic carbocycles. The third-order valence-corrected chi connectivity index (χ3v) is 8.73. The number of hydroxylamine groups is 1. The number of carbonyl (C=O) groups is 3. The number of aliphatic hydroxyl groups is 1. The van der Waals surface area contributed by atoms with Crippen molar-refractivity contribution in [3.8, 4) is 0 Å². The van der Waals surface area contributed by atoms with E-state index >= 15 is 0 Å². The standard InChI is InChI=1S/C30H38ClNO7/c1-4-17(2)29(35)39-27-12-11-24(32-38-16-19-7-5-6-8-23(19)31)22-15-26(34)18(3)20(28(22)27)9-10-21-25(33)13-14-37-30(21)36/h5-8,11,15,17-18,20-21,25,27-28,32-33H,4,9-10,12-14,16H2,1-3H3. The fourth-order valence-corrected chi connectivity index (χ4v) is 5.87. The van der Waals surface area contributed by atoms with Crippen LogP contribution in [-0.4, -0.2) is 41.6 Å². The lowest BCUT2D eigenvalue weighted by molar-refractivity contribution is -0.161. The Bertz CT molecular complexity index is 1130. The van der Waals surface area contributed by atoms with E-state index in [1.807, 2.05) is 45.0 Å². The van der Waals surface area contributed by atoms with E-state index in [-0.39, 0.29) is 48.6 Å². The molecule has 3 aliphatic rings. The van der Waals surface area contributed by atoms with Gasteiger partial charge in [-0.05, 0) is 48.5 Å². The first-order valence-electron chi connectivity index (χ1n) is 13.8. The van der Waals surface area contributed by atoms with Crippen molar-refractivity contribution in [1.82, 2.24) is 5.48 Å². The van der Waals surface area contributed by atoms with E-state index in [0.29, 0.717) is 42.8 Å². The molecule has 1 aliphatic heterocycles. The third-order valence-electron chi connectivity index (χ3n) is 8.36. The van der Waals surface area contributed by atoms with Crippen molar-refractivity contribution in [3.63, 3.8) is 0 Å². The Kier molecular flexibility index (Phi) is 9.86. The number of nitrogens with one attached hydrogen (secondary N) is 1. The topological polar surface area (TPSA) is 111 Å². The lowest BCUT2D eigenvalue weighted by Crippen LogP contribution is -2.45. The van der Waals surface area contributed by atoms with E-state index in [1.54, 1.807) is 12.1 Å². The highest BCUT2D eigenvalue weighted by Gasteiger charge is 2.46. The molecule has 0 radical (unpaired) electrons. The summed E-state index contributed by atoms with van der Waals surface area (Å²) >= 11 is 6.26. The number of hydrogen-bond acceptors (Lipinski definition) is 8. The molecule has 1 fully saturated rings. The van der Waals surface area contributed by atoms with Crippen LogP contribution in [0.1, 0.15) is 58.4 Å². The second-order valence-corrected chi connectivity index (χ2v) is 11.2. The molecule has 9 heteroatoms. The molecule has 0 spiro atoms. The first-order chi connectivity index (χ1) is 18.7. The van der Waals surface area contributed by atoms with Gasteiger partial charge in [0.2, 0.25) is 0 Å². The maximum absolute atomic E-state index is 13.2. The van der Waals surface area contributed by atoms with E-state index < -0.39 is 24.1 Å². The second-order valence-electron chi connectivity index (χ2n) is 10.8. The van der Waals surface area contributed by atoms with Gasteiger partial charge < -0.3 is 14.6 Å². The fraction of sp³-hybridized carbons (Fsp3) is 0.567. The summed E-state index contributed by atoms with van der Waals surface area (Å²) in [6, 6.07) is 7.39. The van der Waals surface area contributed by atoms with Crippen LogP contribution in [0.15, 0.2) is 47.7 Å². The zero-order valence-electron chi connectivity index (χ0n) is 22.7. The van der Waals surface area contributed by atoms with Gasteiger partial charge in [0.1, 0.15) is 12.7 Å². The molecule has 1 aromatic carbocycles. The lowest BCUT2D eigenvalue weighted by Gasteiger charge is -2.43. The average molecular weight is 560 g/mol. The number of fused-ring (bicyclic) bond motifs is 1. The quantitative estimate of drug-likeness (QED) is 0.314. The van der Waals surface area contributed by atoms with Crippen LogP contribution in [0, 0.1) is 29.6 Å². The number of carbonyl (C=O) groups excluding carboxylic acids is 3. The Morgan fingerprint density at radius 3 is 2.74 bits per heavy atom. The molecular formula is C30H38ClNO7. The number of allylic oxidation sites excluding steroid dienone is 2. The van der Waals surface area contributed by atoms with Crippen LogP contribution < -0.4 is 5.48 Å². The van der Waals surface area contributed by atoms with Gasteiger partial charge in [0.25, 0.3) is 0 Å². The molecular weight excluding hydrogens is 522 g/mol. The number of halogens is 1. The first kappa shape index (κ1) is 29.3. The molecule has 8 nitrogen and oxygen atoms in total. The van der Waals surface area contributed by atoms with Gasteiger partial charge in [0, 0.05) is 29.7 Å². The van der Waals surface area contributed by atoms with Gasteiger partial charge in [0.15, 0.2) is 5.78 Å². The van der Waals surface area contributed by atoms with Crippen LogP contribution in [0.4, 0.5) is 0 Å². The number of ketones is 1. The molecule has 0 aromatic heterocycles. The fourth-order valence-electron chi connectivity index (χ4n) is 5.68. The van der Waals surface area contributed by atoms with Gasteiger partial charge in [-0.3, -0.25) is 24.7 Å². The lowest BCUT2D eigenvalue weighted by atomic mass is 9.64. The summed E-state index contributed by atoms with van der Waals surface area (Å²) in [5.41, 5.74) is 5.21. The highest BCUT2D eigenvalue weighted by atomic mass is 35.5. The summed E-state index contributed by atoms with van der Waals surface area (Å²) < 4.78 is 11.2. The summed E-state index contributed by atoms with van der Waals surface area (Å²) in [4.78, 5) is 44.1. The molecule has 1 heterocycles. The SMILES string of the molecule is CCC(C)C(=O)OC1CC=C(NOCc2ccccc2Cl)C2=CC(=O)C(C)C(CCC3C(=O)OCCC3O)C21. The largest absolute Gasteiger partial charge is 0.465 e. The predicted molar refractivity (Wildman–Crippen MR) is 145 cm³/mol. The van der Waals surface area contributed by atoms with E-state index in [0.717, 1.165) is 11.1 Å². The van der Waals surface area contributed by atoms with Crippen molar-refractivity contribution in [1.29, 1.82) is 0 Å². The Balaban J connectivity index is 1.57. The van der Waals surface area contributed by atoms with Crippen molar-refractivity contribution in [2.24, 2.45) is 29.6 Å². The predicted octanol–water partition coefficient (Wildman–Crippen LogP) is 4.69. The molecule has 1 aromatic rings. The van der Waals surface area contributed by atoms with Gasteiger partial charge in [0.05, 0.1) is 30.2 Å². The number of hydrogen-bond donors (Lipinski definition) is 2. The molecule has 0 amide bonds. The molecule has 7 unspecified atom stereocenters. The zero-order valence-corrected chi connectivity index (χ0v) is 23.5. The Morgan fingerprint density at radius 2 is 2.03 bits per heavy atom. The van der Waals surface area contributed by atoms with E-state index in [2.05, 4.69) is 5.48 Å². The van der Waals surface area contributed by atoms with Crippen LogP contribution in [0.3, 0.4) is 0 Å². The number of aliphatic hydroxyl groups excluding tert-OH is 1.